The molecule has 1 aromatic rings. The van der Waals surface area contributed by atoms with E-state index in [1.54, 1.807) is 0 Å². The molecule has 0 spiro atoms. The second-order valence-corrected chi connectivity index (χ2v) is 5.35. The second-order valence-electron chi connectivity index (χ2n) is 5.35. The molecule has 2 N–H and O–H groups in total. The zero-order valence-electron chi connectivity index (χ0n) is 11.1. The lowest BCUT2D eigenvalue weighted by molar-refractivity contribution is -0.138. The van der Waals surface area contributed by atoms with Crippen molar-refractivity contribution in [1.82, 2.24) is 4.90 Å². The SMILES string of the molecule is CCCC1(N)CN(C(=O)CCc2ccccc2)C1. The number of aryl methyl sites for hydroxylation is 1. The number of carbonyl (C=O) groups is 1. The minimum Gasteiger partial charge on any atom is -0.339 e. The summed E-state index contributed by atoms with van der Waals surface area (Å²) in [5.74, 6) is 0.232. The number of nitrogens with two attached hydrogens (primary N) is 1. The van der Waals surface area contributed by atoms with Crippen molar-refractivity contribution >= 4 is 5.91 Å². The minimum atomic E-state index is -0.114. The minimum absolute atomic E-state index is 0.114. The molecule has 18 heavy (non-hydrogen) atoms. The molecule has 0 unspecified atom stereocenters. The first-order valence-electron chi connectivity index (χ1n) is 6.73. The van der Waals surface area contributed by atoms with E-state index in [2.05, 4.69) is 19.1 Å². The molecule has 0 radical (unpaired) electrons. The lowest BCUT2D eigenvalue weighted by Gasteiger charge is -2.48. The number of likely N-dealkylation sites (tertiary alicyclic amines) is 1. The molecule has 1 aliphatic rings. The van der Waals surface area contributed by atoms with Crippen LogP contribution in [0.5, 0.6) is 0 Å². The number of amides is 1. The Morgan fingerprint density at radius 1 is 1.33 bits per heavy atom. The Balaban J connectivity index is 1.74. The van der Waals surface area contributed by atoms with Crippen molar-refractivity contribution in [1.29, 1.82) is 0 Å². The molecular weight excluding hydrogens is 224 g/mol. The van der Waals surface area contributed by atoms with Crippen molar-refractivity contribution in [2.45, 2.75) is 38.1 Å². The Bertz CT molecular complexity index is 396. The molecule has 2 rings (SSSR count). The highest BCUT2D eigenvalue weighted by Crippen LogP contribution is 2.24. The smallest absolute Gasteiger partial charge is 0.223 e. The predicted octanol–water partition coefficient (Wildman–Crippen LogP) is 1.96. The monoisotopic (exact) mass is 246 g/mol. The number of nitrogens with zero attached hydrogens (tertiary/aromatic N) is 1. The number of rotatable bonds is 5. The molecule has 0 aliphatic carbocycles. The molecule has 3 heteroatoms. The molecular formula is C15H22N2O. The summed E-state index contributed by atoms with van der Waals surface area (Å²) >= 11 is 0. The van der Waals surface area contributed by atoms with Crippen molar-refractivity contribution in [3.63, 3.8) is 0 Å². The van der Waals surface area contributed by atoms with Gasteiger partial charge in [-0.05, 0) is 18.4 Å². The van der Waals surface area contributed by atoms with E-state index in [9.17, 15) is 4.79 Å². The average molecular weight is 246 g/mol. The lowest BCUT2D eigenvalue weighted by atomic mass is 9.86. The molecule has 0 saturated carbocycles. The van der Waals surface area contributed by atoms with Crippen LogP contribution in [0, 0.1) is 0 Å². The molecule has 3 nitrogen and oxygen atoms in total. The number of hydrogen-bond acceptors (Lipinski definition) is 2. The van der Waals surface area contributed by atoms with E-state index in [0.29, 0.717) is 6.42 Å². The third-order valence-corrected chi connectivity index (χ3v) is 3.58. The highest BCUT2D eigenvalue weighted by Gasteiger charge is 2.40. The van der Waals surface area contributed by atoms with Gasteiger partial charge in [0.25, 0.3) is 0 Å². The summed E-state index contributed by atoms with van der Waals surface area (Å²) in [5, 5.41) is 0. The third kappa shape index (κ3) is 3.10. The Hall–Kier alpha value is -1.35. The van der Waals surface area contributed by atoms with Crippen LogP contribution in [0.3, 0.4) is 0 Å². The van der Waals surface area contributed by atoms with Gasteiger partial charge in [0.15, 0.2) is 0 Å². The van der Waals surface area contributed by atoms with Crippen LogP contribution in [0.1, 0.15) is 31.7 Å². The van der Waals surface area contributed by atoms with E-state index in [4.69, 9.17) is 5.73 Å². The Labute approximate surface area is 109 Å². The van der Waals surface area contributed by atoms with Crippen LogP contribution in [0.15, 0.2) is 30.3 Å². The van der Waals surface area contributed by atoms with Crippen molar-refractivity contribution in [3.8, 4) is 0 Å². The quantitative estimate of drug-likeness (QED) is 0.863. The predicted molar refractivity (Wildman–Crippen MR) is 73.2 cm³/mol. The first-order valence-corrected chi connectivity index (χ1v) is 6.73. The number of benzene rings is 1. The number of hydrogen-bond donors (Lipinski definition) is 1. The van der Waals surface area contributed by atoms with Crippen LogP contribution >= 0.6 is 0 Å². The van der Waals surface area contributed by atoms with Crippen LogP contribution in [0.2, 0.25) is 0 Å². The maximum atomic E-state index is 12.0. The van der Waals surface area contributed by atoms with Gasteiger partial charge in [-0.1, -0.05) is 43.7 Å². The largest absolute Gasteiger partial charge is 0.339 e. The van der Waals surface area contributed by atoms with Gasteiger partial charge in [-0.15, -0.1) is 0 Å². The highest BCUT2D eigenvalue weighted by molar-refractivity contribution is 5.77. The Morgan fingerprint density at radius 3 is 2.61 bits per heavy atom. The van der Waals surface area contributed by atoms with Gasteiger partial charge in [0.1, 0.15) is 0 Å². The van der Waals surface area contributed by atoms with Crippen molar-refractivity contribution in [2.75, 3.05) is 13.1 Å². The molecule has 1 heterocycles. The highest BCUT2D eigenvalue weighted by atomic mass is 16.2. The normalized spacial score (nSPS) is 17.3. The maximum absolute atomic E-state index is 12.0. The first-order chi connectivity index (χ1) is 8.63. The summed E-state index contributed by atoms with van der Waals surface area (Å²) in [6, 6.07) is 10.1. The summed E-state index contributed by atoms with van der Waals surface area (Å²) in [5.41, 5.74) is 7.26. The molecule has 1 saturated heterocycles. The van der Waals surface area contributed by atoms with E-state index in [0.717, 1.165) is 32.4 Å². The fourth-order valence-corrected chi connectivity index (χ4v) is 2.60. The van der Waals surface area contributed by atoms with Crippen LogP contribution in [-0.4, -0.2) is 29.4 Å². The molecule has 1 fully saturated rings. The molecule has 1 amide bonds. The Kier molecular flexibility index (Phi) is 4.02. The first kappa shape index (κ1) is 13.1. The summed E-state index contributed by atoms with van der Waals surface area (Å²) in [6.07, 6.45) is 3.51. The maximum Gasteiger partial charge on any atom is 0.223 e. The summed E-state index contributed by atoms with van der Waals surface area (Å²) in [4.78, 5) is 13.8. The van der Waals surface area contributed by atoms with Crippen LogP contribution < -0.4 is 5.73 Å². The van der Waals surface area contributed by atoms with Crippen LogP contribution in [-0.2, 0) is 11.2 Å². The van der Waals surface area contributed by atoms with Gasteiger partial charge >= 0.3 is 0 Å². The molecule has 0 bridgehead atoms. The van der Waals surface area contributed by atoms with Crippen molar-refractivity contribution in [2.24, 2.45) is 5.73 Å². The molecule has 0 aromatic heterocycles. The molecule has 0 atom stereocenters. The van der Waals surface area contributed by atoms with E-state index in [1.165, 1.54) is 5.56 Å². The average Bonchev–Trinajstić information content (AvgIpc) is 2.34. The van der Waals surface area contributed by atoms with E-state index >= 15 is 0 Å². The zero-order chi connectivity index (χ0) is 13.0. The van der Waals surface area contributed by atoms with Crippen LogP contribution in [0.25, 0.3) is 0 Å². The van der Waals surface area contributed by atoms with Gasteiger partial charge in [-0.3, -0.25) is 4.79 Å². The molecule has 98 valence electrons. The van der Waals surface area contributed by atoms with Gasteiger partial charge in [0.05, 0.1) is 5.54 Å². The van der Waals surface area contributed by atoms with Crippen molar-refractivity contribution in [3.05, 3.63) is 35.9 Å². The zero-order valence-corrected chi connectivity index (χ0v) is 11.1. The van der Waals surface area contributed by atoms with Gasteiger partial charge in [0.2, 0.25) is 5.91 Å². The van der Waals surface area contributed by atoms with Gasteiger partial charge in [-0.25, -0.2) is 0 Å². The number of carbonyl (C=O) groups excluding carboxylic acids is 1. The van der Waals surface area contributed by atoms with Crippen LogP contribution in [0.4, 0.5) is 0 Å². The Morgan fingerprint density at radius 2 is 2.00 bits per heavy atom. The molecule has 1 aliphatic heterocycles. The lowest BCUT2D eigenvalue weighted by Crippen LogP contribution is -2.68. The van der Waals surface area contributed by atoms with E-state index in [1.807, 2.05) is 23.1 Å². The standard InChI is InChI=1S/C15H22N2O/c1-2-10-15(16)11-17(12-15)14(18)9-8-13-6-4-3-5-7-13/h3-7H,2,8-12,16H2,1H3. The molecule has 1 aromatic carbocycles. The van der Waals surface area contributed by atoms with Crippen molar-refractivity contribution < 1.29 is 4.79 Å². The second kappa shape index (κ2) is 5.53. The van der Waals surface area contributed by atoms with Gasteiger partial charge < -0.3 is 10.6 Å². The summed E-state index contributed by atoms with van der Waals surface area (Å²) in [6.45, 7) is 3.59. The summed E-state index contributed by atoms with van der Waals surface area (Å²) in [7, 11) is 0. The third-order valence-electron chi connectivity index (χ3n) is 3.58. The summed E-state index contributed by atoms with van der Waals surface area (Å²) < 4.78 is 0. The van der Waals surface area contributed by atoms with Gasteiger partial charge in [0, 0.05) is 19.5 Å². The fourth-order valence-electron chi connectivity index (χ4n) is 2.60. The van der Waals surface area contributed by atoms with Gasteiger partial charge in [-0.2, -0.15) is 0 Å². The van der Waals surface area contributed by atoms with E-state index in [-0.39, 0.29) is 11.4 Å². The topological polar surface area (TPSA) is 46.3 Å². The fraction of sp³-hybridized carbons (Fsp3) is 0.533. The van der Waals surface area contributed by atoms with E-state index < -0.39 is 0 Å².